The predicted molar refractivity (Wildman–Crippen MR) is 66.9 cm³/mol. The number of rotatable bonds is 2. The van der Waals surface area contributed by atoms with Crippen LogP contribution in [0, 0.1) is 0 Å². The monoisotopic (exact) mass is 240 g/mol. The molecule has 2 aliphatic heterocycles. The van der Waals surface area contributed by atoms with Gasteiger partial charge >= 0.3 is 0 Å². The summed E-state index contributed by atoms with van der Waals surface area (Å²) >= 11 is 0. The highest BCUT2D eigenvalue weighted by molar-refractivity contribution is 5.82. The maximum atomic E-state index is 12.4. The minimum Gasteiger partial charge on any atom is -0.380 e. The first kappa shape index (κ1) is 12.8. The van der Waals surface area contributed by atoms with Crippen molar-refractivity contribution >= 4 is 5.91 Å². The fraction of sp³-hybridized carbons (Fsp3) is 0.923. The third-order valence-electron chi connectivity index (χ3n) is 3.88. The Bertz CT molecular complexity index is 250. The van der Waals surface area contributed by atoms with E-state index in [0.717, 1.165) is 38.9 Å². The first-order chi connectivity index (χ1) is 8.31. The number of hydrogen-bond donors (Lipinski definition) is 1. The topological polar surface area (TPSA) is 41.6 Å². The fourth-order valence-electron chi connectivity index (χ4n) is 2.79. The summed E-state index contributed by atoms with van der Waals surface area (Å²) in [6, 6.07) is 0.0492. The van der Waals surface area contributed by atoms with Gasteiger partial charge in [-0.2, -0.15) is 0 Å². The van der Waals surface area contributed by atoms with Gasteiger partial charge < -0.3 is 15.0 Å². The van der Waals surface area contributed by atoms with E-state index in [2.05, 4.69) is 5.32 Å². The van der Waals surface area contributed by atoms with Crippen molar-refractivity contribution in [3.63, 3.8) is 0 Å². The van der Waals surface area contributed by atoms with Crippen molar-refractivity contribution in [3.05, 3.63) is 0 Å². The van der Waals surface area contributed by atoms with E-state index in [1.165, 1.54) is 19.3 Å². The Balaban J connectivity index is 1.89. The first-order valence-electron chi connectivity index (χ1n) is 6.86. The third-order valence-corrected chi connectivity index (χ3v) is 3.88. The Morgan fingerprint density at radius 1 is 1.24 bits per heavy atom. The van der Waals surface area contributed by atoms with Gasteiger partial charge in [-0.1, -0.05) is 12.8 Å². The van der Waals surface area contributed by atoms with Crippen LogP contribution in [0.1, 0.15) is 38.5 Å². The van der Waals surface area contributed by atoms with Gasteiger partial charge in [0, 0.05) is 20.2 Å². The molecular weight excluding hydrogens is 216 g/mol. The Hall–Kier alpha value is -0.610. The van der Waals surface area contributed by atoms with Crippen LogP contribution in [0.3, 0.4) is 0 Å². The van der Waals surface area contributed by atoms with Crippen LogP contribution in [0.2, 0.25) is 0 Å². The van der Waals surface area contributed by atoms with Gasteiger partial charge in [-0.15, -0.1) is 0 Å². The molecule has 4 heteroatoms. The zero-order chi connectivity index (χ0) is 12.1. The molecule has 0 aromatic rings. The minimum absolute atomic E-state index is 0.0492. The van der Waals surface area contributed by atoms with E-state index in [0.29, 0.717) is 0 Å². The number of carbonyl (C=O) groups excluding carboxylic acids is 1. The second-order valence-corrected chi connectivity index (χ2v) is 5.14. The second kappa shape index (κ2) is 6.36. The zero-order valence-electron chi connectivity index (χ0n) is 10.8. The maximum absolute atomic E-state index is 12.4. The molecule has 2 aliphatic rings. The summed E-state index contributed by atoms with van der Waals surface area (Å²) in [6.45, 7) is 2.66. The van der Waals surface area contributed by atoms with Gasteiger partial charge in [0.2, 0.25) is 5.91 Å². The molecule has 0 aliphatic carbocycles. The van der Waals surface area contributed by atoms with Crippen LogP contribution >= 0.6 is 0 Å². The van der Waals surface area contributed by atoms with Crippen LogP contribution < -0.4 is 5.32 Å². The van der Waals surface area contributed by atoms with Crippen LogP contribution in [-0.2, 0) is 9.53 Å². The highest BCUT2D eigenvalue weighted by Crippen LogP contribution is 2.16. The lowest BCUT2D eigenvalue weighted by Gasteiger charge is -2.34. The molecule has 2 rings (SSSR count). The molecule has 2 atom stereocenters. The fourth-order valence-corrected chi connectivity index (χ4v) is 2.79. The first-order valence-corrected chi connectivity index (χ1v) is 6.86. The summed E-state index contributed by atoms with van der Waals surface area (Å²) in [5.74, 6) is 0.286. The number of piperidine rings is 1. The number of nitrogens with one attached hydrogen (secondary N) is 1. The van der Waals surface area contributed by atoms with Crippen molar-refractivity contribution in [2.45, 2.75) is 50.7 Å². The molecule has 2 unspecified atom stereocenters. The lowest BCUT2D eigenvalue weighted by Crippen LogP contribution is -2.51. The van der Waals surface area contributed by atoms with Gasteiger partial charge in [0.1, 0.15) is 0 Å². The SMILES string of the molecule is COC1CCCN(C(=O)C2CCCCCN2)C1. The van der Waals surface area contributed by atoms with E-state index in [4.69, 9.17) is 4.74 Å². The Kier molecular flexibility index (Phi) is 4.80. The summed E-state index contributed by atoms with van der Waals surface area (Å²) in [6.07, 6.45) is 6.99. The Morgan fingerprint density at radius 2 is 2.12 bits per heavy atom. The van der Waals surface area contributed by atoms with E-state index in [1.54, 1.807) is 7.11 Å². The molecule has 2 heterocycles. The summed E-state index contributed by atoms with van der Waals surface area (Å²) in [5, 5.41) is 3.38. The second-order valence-electron chi connectivity index (χ2n) is 5.14. The van der Waals surface area contributed by atoms with E-state index < -0.39 is 0 Å². The Morgan fingerprint density at radius 3 is 2.94 bits per heavy atom. The van der Waals surface area contributed by atoms with Crippen LogP contribution in [0.15, 0.2) is 0 Å². The molecule has 4 nitrogen and oxygen atoms in total. The van der Waals surface area contributed by atoms with E-state index in [9.17, 15) is 4.79 Å². The molecule has 1 amide bonds. The largest absolute Gasteiger partial charge is 0.380 e. The molecule has 0 aromatic heterocycles. The number of hydrogen-bond acceptors (Lipinski definition) is 3. The van der Waals surface area contributed by atoms with Crippen LogP contribution in [0.25, 0.3) is 0 Å². The predicted octanol–water partition coefficient (Wildman–Crippen LogP) is 1.16. The average molecular weight is 240 g/mol. The third kappa shape index (κ3) is 3.42. The average Bonchev–Trinajstić information content (AvgIpc) is 2.67. The van der Waals surface area contributed by atoms with Crippen LogP contribution in [0.4, 0.5) is 0 Å². The molecule has 0 bridgehead atoms. The van der Waals surface area contributed by atoms with Crippen molar-refractivity contribution in [3.8, 4) is 0 Å². The number of nitrogens with zero attached hydrogens (tertiary/aromatic N) is 1. The number of amides is 1. The molecule has 0 spiro atoms. The van der Waals surface area contributed by atoms with Gasteiger partial charge in [-0.05, 0) is 32.2 Å². The highest BCUT2D eigenvalue weighted by Gasteiger charge is 2.28. The van der Waals surface area contributed by atoms with E-state index in [1.807, 2.05) is 4.90 Å². The van der Waals surface area contributed by atoms with Crippen molar-refractivity contribution in [1.82, 2.24) is 10.2 Å². The van der Waals surface area contributed by atoms with Crippen molar-refractivity contribution in [1.29, 1.82) is 0 Å². The quantitative estimate of drug-likeness (QED) is 0.787. The number of carbonyl (C=O) groups is 1. The maximum Gasteiger partial charge on any atom is 0.239 e. The Labute approximate surface area is 104 Å². The summed E-state index contributed by atoms with van der Waals surface area (Å²) in [4.78, 5) is 14.4. The van der Waals surface area contributed by atoms with E-state index >= 15 is 0 Å². The lowest BCUT2D eigenvalue weighted by atomic mass is 10.0. The zero-order valence-corrected chi connectivity index (χ0v) is 10.8. The molecule has 0 radical (unpaired) electrons. The molecular formula is C13H24N2O2. The number of ether oxygens (including phenoxy) is 1. The van der Waals surface area contributed by atoms with Gasteiger partial charge in [-0.3, -0.25) is 4.79 Å². The highest BCUT2D eigenvalue weighted by atomic mass is 16.5. The van der Waals surface area contributed by atoms with Gasteiger partial charge in [0.15, 0.2) is 0 Å². The van der Waals surface area contributed by atoms with Crippen LogP contribution in [0.5, 0.6) is 0 Å². The van der Waals surface area contributed by atoms with Crippen LogP contribution in [-0.4, -0.2) is 49.7 Å². The molecule has 17 heavy (non-hydrogen) atoms. The van der Waals surface area contributed by atoms with Crippen molar-refractivity contribution < 1.29 is 9.53 Å². The molecule has 98 valence electrons. The summed E-state index contributed by atoms with van der Waals surface area (Å²) in [7, 11) is 1.74. The van der Waals surface area contributed by atoms with Crippen molar-refractivity contribution in [2.24, 2.45) is 0 Å². The molecule has 0 saturated carbocycles. The van der Waals surface area contributed by atoms with Gasteiger partial charge in [-0.25, -0.2) is 0 Å². The normalized spacial score (nSPS) is 31.0. The lowest BCUT2D eigenvalue weighted by molar-refractivity contribution is -0.137. The smallest absolute Gasteiger partial charge is 0.239 e. The minimum atomic E-state index is 0.0492. The number of methoxy groups -OCH3 is 1. The number of likely N-dealkylation sites (tertiary alicyclic amines) is 1. The summed E-state index contributed by atoms with van der Waals surface area (Å²) < 4.78 is 5.37. The molecule has 2 fully saturated rings. The van der Waals surface area contributed by atoms with E-state index in [-0.39, 0.29) is 18.1 Å². The molecule has 1 N–H and O–H groups in total. The van der Waals surface area contributed by atoms with Gasteiger partial charge in [0.25, 0.3) is 0 Å². The van der Waals surface area contributed by atoms with Gasteiger partial charge in [0.05, 0.1) is 12.1 Å². The van der Waals surface area contributed by atoms with Crippen molar-refractivity contribution in [2.75, 3.05) is 26.7 Å². The molecule has 2 saturated heterocycles. The summed E-state index contributed by atoms with van der Waals surface area (Å²) in [5.41, 5.74) is 0. The molecule has 0 aromatic carbocycles. The standard InChI is InChI=1S/C13H24N2O2/c1-17-11-6-5-9-15(10-11)13(16)12-7-3-2-4-8-14-12/h11-12,14H,2-10H2,1H3.